The van der Waals surface area contributed by atoms with Crippen molar-refractivity contribution in [3.8, 4) is 0 Å². The van der Waals surface area contributed by atoms with Crippen LogP contribution in [0.2, 0.25) is 5.04 Å². The second-order valence-electron chi connectivity index (χ2n) is 9.93. The first kappa shape index (κ1) is 26.1. The highest BCUT2D eigenvalue weighted by Crippen LogP contribution is 2.46. The fourth-order valence-corrected chi connectivity index (χ4v) is 12.0. The number of aliphatic carboxylic acids is 1. The largest absolute Gasteiger partial charge is 0.477 e. The first-order valence-electron chi connectivity index (χ1n) is 11.6. The number of hydrogen-bond donors (Lipinski definition) is 2. The quantitative estimate of drug-likeness (QED) is 0.245. The molecular formula is C26H30N2O6SSi. The summed E-state index contributed by atoms with van der Waals surface area (Å²) in [5.41, 5.74) is 0.192. The number of carboxylic acid groups (broad SMARTS) is 1. The molecule has 0 aliphatic carbocycles. The van der Waals surface area contributed by atoms with Crippen LogP contribution in [0.1, 0.15) is 27.7 Å². The Morgan fingerprint density at radius 3 is 2.06 bits per heavy atom. The molecule has 8 nitrogen and oxygen atoms in total. The summed E-state index contributed by atoms with van der Waals surface area (Å²) in [6.07, 6.45) is 0. The van der Waals surface area contributed by atoms with Gasteiger partial charge in [-0.3, -0.25) is 14.5 Å². The third-order valence-electron chi connectivity index (χ3n) is 6.75. The first-order chi connectivity index (χ1) is 17.0. The standard InChI is InChI=1S/C26H30N2O6SSi/c1-17(29)34-15-18-16-35-24-22(23(30)27(24)21(18)25(31)32)28(33)36(26(2,3)4,19-11-7-5-8-12-19)20-13-9-6-10-14-20/h5-14,22,24,33H,15-16H2,1-4H3,(H,31,32)/t22-,24+/m0/s1. The molecule has 2 heterocycles. The molecular weight excluding hydrogens is 496 g/mol. The lowest BCUT2D eigenvalue weighted by atomic mass is 10.0. The van der Waals surface area contributed by atoms with Crippen LogP contribution in [0.15, 0.2) is 71.9 Å². The molecule has 0 unspecified atom stereocenters. The van der Waals surface area contributed by atoms with Gasteiger partial charge in [0.05, 0.1) is 0 Å². The lowest BCUT2D eigenvalue weighted by molar-refractivity contribution is -0.168. The van der Waals surface area contributed by atoms with Gasteiger partial charge < -0.3 is 15.1 Å². The van der Waals surface area contributed by atoms with E-state index in [2.05, 4.69) is 20.8 Å². The van der Waals surface area contributed by atoms with E-state index < -0.39 is 42.5 Å². The van der Waals surface area contributed by atoms with Crippen molar-refractivity contribution in [2.24, 2.45) is 0 Å². The number of nitrogens with zero attached hydrogens (tertiary/aromatic N) is 2. The van der Waals surface area contributed by atoms with Crippen molar-refractivity contribution in [1.29, 1.82) is 0 Å². The monoisotopic (exact) mass is 526 g/mol. The minimum atomic E-state index is -3.20. The number of benzene rings is 2. The molecule has 4 rings (SSSR count). The maximum absolute atomic E-state index is 13.6. The molecule has 0 aromatic heterocycles. The zero-order valence-electron chi connectivity index (χ0n) is 20.7. The third kappa shape index (κ3) is 4.17. The fourth-order valence-electron chi connectivity index (χ4n) is 5.26. The Bertz CT molecular complexity index is 1160. The average molecular weight is 527 g/mol. The van der Waals surface area contributed by atoms with E-state index in [-0.39, 0.29) is 18.1 Å². The molecule has 2 atom stereocenters. The highest BCUT2D eigenvalue weighted by molar-refractivity contribution is 8.00. The highest BCUT2D eigenvalue weighted by Gasteiger charge is 2.64. The predicted molar refractivity (Wildman–Crippen MR) is 139 cm³/mol. The van der Waals surface area contributed by atoms with Gasteiger partial charge in [-0.05, 0) is 15.4 Å². The van der Waals surface area contributed by atoms with Gasteiger partial charge in [0.1, 0.15) is 23.7 Å². The molecule has 1 amide bonds. The van der Waals surface area contributed by atoms with Gasteiger partial charge in [0.2, 0.25) is 14.1 Å². The van der Waals surface area contributed by atoms with E-state index >= 15 is 0 Å². The number of rotatable bonds is 7. The second kappa shape index (κ2) is 9.85. The number of ether oxygens (including phenoxy) is 1. The molecule has 1 fully saturated rings. The van der Waals surface area contributed by atoms with Crippen molar-refractivity contribution < 1.29 is 29.4 Å². The Hall–Kier alpha value is -2.92. The number of thioether (sulfide) groups is 1. The summed E-state index contributed by atoms with van der Waals surface area (Å²) in [5.74, 6) is -2.00. The van der Waals surface area contributed by atoms with Gasteiger partial charge in [-0.15, -0.1) is 11.8 Å². The van der Waals surface area contributed by atoms with Crippen LogP contribution in [0.5, 0.6) is 0 Å². The molecule has 0 bridgehead atoms. The molecule has 2 aliphatic heterocycles. The Morgan fingerprint density at radius 1 is 1.08 bits per heavy atom. The summed E-state index contributed by atoms with van der Waals surface area (Å²) < 4.78 is 6.30. The van der Waals surface area contributed by atoms with Crippen LogP contribution in [-0.4, -0.2) is 69.8 Å². The van der Waals surface area contributed by atoms with Gasteiger partial charge in [0, 0.05) is 18.2 Å². The number of hydroxylamine groups is 1. The number of carboxylic acids is 1. The van der Waals surface area contributed by atoms with E-state index in [1.54, 1.807) is 0 Å². The maximum atomic E-state index is 13.6. The van der Waals surface area contributed by atoms with E-state index in [0.717, 1.165) is 10.4 Å². The SMILES string of the molecule is CC(=O)OCC1=C(C(=O)O)N2C(=O)[C@H](N(O)[Si](c3ccccc3)(c3ccccc3)C(C)(C)C)[C@H]2SC1. The number of hydrogen-bond acceptors (Lipinski definition) is 7. The number of β-lactam (4-membered cyclic amide) rings is 1. The zero-order valence-corrected chi connectivity index (χ0v) is 22.5. The number of amides is 1. The maximum Gasteiger partial charge on any atom is 0.352 e. The molecule has 2 aromatic rings. The Labute approximate surface area is 215 Å². The van der Waals surface area contributed by atoms with Gasteiger partial charge >= 0.3 is 11.9 Å². The molecule has 0 radical (unpaired) electrons. The molecule has 0 saturated carbocycles. The second-order valence-corrected chi connectivity index (χ2v) is 15.6. The van der Waals surface area contributed by atoms with Crippen LogP contribution in [0, 0.1) is 0 Å². The predicted octanol–water partition coefficient (Wildman–Crippen LogP) is 2.42. The van der Waals surface area contributed by atoms with Crippen LogP contribution in [0.3, 0.4) is 0 Å². The molecule has 1 saturated heterocycles. The Balaban J connectivity index is 1.81. The summed E-state index contributed by atoms with van der Waals surface area (Å²) in [6, 6.07) is 18.6. The van der Waals surface area contributed by atoms with E-state index in [1.807, 2.05) is 60.7 Å². The van der Waals surface area contributed by atoms with Crippen molar-refractivity contribution in [2.45, 2.75) is 44.1 Å². The Morgan fingerprint density at radius 2 is 1.61 bits per heavy atom. The molecule has 2 aliphatic rings. The van der Waals surface area contributed by atoms with E-state index in [0.29, 0.717) is 5.57 Å². The van der Waals surface area contributed by atoms with Crippen molar-refractivity contribution in [3.05, 3.63) is 71.9 Å². The minimum Gasteiger partial charge on any atom is -0.477 e. The summed E-state index contributed by atoms with van der Waals surface area (Å²) in [4.78, 5) is 38.3. The zero-order chi connectivity index (χ0) is 26.3. The van der Waals surface area contributed by atoms with Crippen LogP contribution >= 0.6 is 11.8 Å². The minimum absolute atomic E-state index is 0.169. The normalized spacial score (nSPS) is 20.2. The first-order valence-corrected chi connectivity index (χ1v) is 14.6. The number of fused-ring (bicyclic) bond motifs is 1. The number of carbonyl (C=O) groups is 3. The van der Waals surface area contributed by atoms with Gasteiger partial charge in [-0.1, -0.05) is 81.4 Å². The van der Waals surface area contributed by atoms with E-state index in [9.17, 15) is 24.7 Å². The summed E-state index contributed by atoms with van der Waals surface area (Å²) in [5, 5.41) is 22.9. The summed E-state index contributed by atoms with van der Waals surface area (Å²) in [7, 11) is -3.20. The number of esters is 1. The molecule has 10 heteroatoms. The smallest absolute Gasteiger partial charge is 0.352 e. The topological polar surface area (TPSA) is 107 Å². The summed E-state index contributed by atoms with van der Waals surface area (Å²) >= 11 is 1.36. The van der Waals surface area contributed by atoms with Crippen molar-refractivity contribution in [2.75, 3.05) is 12.4 Å². The third-order valence-corrected chi connectivity index (χ3v) is 13.5. The molecule has 36 heavy (non-hydrogen) atoms. The van der Waals surface area contributed by atoms with Gasteiger partial charge in [-0.25, -0.2) is 4.79 Å². The Kier molecular flexibility index (Phi) is 7.16. The summed E-state index contributed by atoms with van der Waals surface area (Å²) in [6.45, 7) is 7.26. The van der Waals surface area contributed by atoms with Crippen LogP contribution < -0.4 is 10.4 Å². The lowest BCUT2D eigenvalue weighted by Crippen LogP contribution is -2.82. The molecule has 190 valence electrons. The van der Waals surface area contributed by atoms with Crippen molar-refractivity contribution in [3.63, 3.8) is 0 Å². The molecule has 0 spiro atoms. The molecule has 2 N–H and O–H groups in total. The lowest BCUT2D eigenvalue weighted by Gasteiger charge is -2.57. The van der Waals surface area contributed by atoms with Crippen molar-refractivity contribution in [1.82, 2.24) is 9.63 Å². The highest BCUT2D eigenvalue weighted by atomic mass is 32.2. The average Bonchev–Trinajstić information content (AvgIpc) is 2.83. The van der Waals surface area contributed by atoms with Gasteiger partial charge in [0.25, 0.3) is 0 Å². The van der Waals surface area contributed by atoms with Crippen molar-refractivity contribution >= 4 is 48.2 Å². The van der Waals surface area contributed by atoms with E-state index in [1.165, 1.54) is 28.3 Å². The van der Waals surface area contributed by atoms with Gasteiger partial charge in [0.15, 0.2) is 0 Å². The van der Waals surface area contributed by atoms with Crippen LogP contribution in [-0.2, 0) is 19.1 Å². The number of carbonyl (C=O) groups excluding carboxylic acids is 2. The van der Waals surface area contributed by atoms with Crippen LogP contribution in [0.4, 0.5) is 0 Å². The van der Waals surface area contributed by atoms with E-state index in [4.69, 9.17) is 4.74 Å². The van der Waals surface area contributed by atoms with Gasteiger partial charge in [-0.2, -0.15) is 4.73 Å². The molecule has 2 aromatic carbocycles. The van der Waals surface area contributed by atoms with Crippen LogP contribution in [0.25, 0.3) is 0 Å². The fraction of sp³-hybridized carbons (Fsp3) is 0.346.